The molecule has 108 valence electrons. The Morgan fingerprint density at radius 2 is 1.83 bits per heavy atom. The molecule has 0 aromatic rings. The van der Waals surface area contributed by atoms with Gasteiger partial charge >= 0.3 is 0 Å². The number of amides is 1. The van der Waals surface area contributed by atoms with Gasteiger partial charge in [-0.25, -0.2) is 0 Å². The third-order valence-electron chi connectivity index (χ3n) is 3.24. The zero-order valence-corrected chi connectivity index (χ0v) is 12.4. The molecule has 0 saturated heterocycles. The first-order chi connectivity index (χ1) is 8.24. The molecule has 0 heterocycles. The summed E-state index contributed by atoms with van der Waals surface area (Å²) in [4.78, 5) is 11.7. The number of rotatable bonds is 6. The highest BCUT2D eigenvalue weighted by Gasteiger charge is 2.19. The van der Waals surface area contributed by atoms with Crippen molar-refractivity contribution in [3.63, 3.8) is 0 Å². The van der Waals surface area contributed by atoms with Crippen molar-refractivity contribution in [1.82, 2.24) is 10.6 Å². The number of nitrogens with one attached hydrogen (secondary N) is 2. The molecule has 1 atom stereocenters. The van der Waals surface area contributed by atoms with E-state index in [1.165, 1.54) is 25.7 Å². The number of hydrogen-bond donors (Lipinski definition) is 2. The van der Waals surface area contributed by atoms with Gasteiger partial charge in [0.1, 0.15) is 6.10 Å². The van der Waals surface area contributed by atoms with Crippen molar-refractivity contribution in [3.05, 3.63) is 0 Å². The topological polar surface area (TPSA) is 50.4 Å². The van der Waals surface area contributed by atoms with E-state index in [9.17, 15) is 4.79 Å². The van der Waals surface area contributed by atoms with Gasteiger partial charge < -0.3 is 15.4 Å². The molecule has 1 unspecified atom stereocenters. The molecule has 0 aromatic heterocycles. The molecule has 4 nitrogen and oxygen atoms in total. The normalized spacial score (nSPS) is 18.6. The molecule has 0 bridgehead atoms. The van der Waals surface area contributed by atoms with Gasteiger partial charge in [-0.2, -0.15) is 0 Å². The molecule has 0 aromatic carbocycles. The summed E-state index contributed by atoms with van der Waals surface area (Å²) >= 11 is 0. The van der Waals surface area contributed by atoms with Gasteiger partial charge in [0, 0.05) is 13.1 Å². The van der Waals surface area contributed by atoms with Gasteiger partial charge in [0.15, 0.2) is 0 Å². The Morgan fingerprint density at radius 3 is 2.39 bits per heavy atom. The quantitative estimate of drug-likeness (QED) is 0.576. The van der Waals surface area contributed by atoms with Crippen LogP contribution in [0.5, 0.6) is 0 Å². The summed E-state index contributed by atoms with van der Waals surface area (Å²) in [5.74, 6) is 0.00416. The van der Waals surface area contributed by atoms with E-state index in [2.05, 4.69) is 10.6 Å². The smallest absolute Gasteiger partial charge is 0.248 e. The van der Waals surface area contributed by atoms with E-state index < -0.39 is 0 Å². The standard InChI is InChI=1S/C13H26N2O2.ClH/c1-11(13(16)15-10-9-14-2)17-12-7-5-3-4-6-8-12;/h11-12,14H,3-10H2,1-2H3,(H,15,16);1H. The predicted octanol–water partition coefficient (Wildman–Crippen LogP) is 1.87. The summed E-state index contributed by atoms with van der Waals surface area (Å²) < 4.78 is 5.83. The Hall–Kier alpha value is -0.320. The first kappa shape index (κ1) is 17.7. The van der Waals surface area contributed by atoms with Crippen LogP contribution in [0.2, 0.25) is 0 Å². The molecule has 1 rings (SSSR count). The lowest BCUT2D eigenvalue weighted by Gasteiger charge is -2.20. The third-order valence-corrected chi connectivity index (χ3v) is 3.24. The Bertz CT molecular complexity index is 219. The highest BCUT2D eigenvalue weighted by atomic mass is 35.5. The first-order valence-corrected chi connectivity index (χ1v) is 6.82. The Balaban J connectivity index is 0.00000289. The van der Waals surface area contributed by atoms with Gasteiger partial charge in [0.2, 0.25) is 5.91 Å². The fourth-order valence-electron chi connectivity index (χ4n) is 2.18. The highest BCUT2D eigenvalue weighted by molar-refractivity contribution is 5.85. The molecule has 1 saturated carbocycles. The van der Waals surface area contributed by atoms with Gasteiger partial charge in [0.05, 0.1) is 6.10 Å². The predicted molar refractivity (Wildman–Crippen MR) is 76.2 cm³/mol. The van der Waals surface area contributed by atoms with E-state index in [-0.39, 0.29) is 30.5 Å². The minimum Gasteiger partial charge on any atom is -0.365 e. The van der Waals surface area contributed by atoms with Crippen LogP contribution in [0.3, 0.4) is 0 Å². The monoisotopic (exact) mass is 278 g/mol. The van der Waals surface area contributed by atoms with Crippen molar-refractivity contribution in [2.45, 2.75) is 57.7 Å². The lowest BCUT2D eigenvalue weighted by atomic mass is 10.1. The van der Waals surface area contributed by atoms with E-state index in [4.69, 9.17) is 4.74 Å². The number of hydrogen-bond acceptors (Lipinski definition) is 3. The average molecular weight is 279 g/mol. The number of carbonyl (C=O) groups excluding carboxylic acids is 1. The van der Waals surface area contributed by atoms with E-state index in [0.29, 0.717) is 6.54 Å². The molecule has 1 aliphatic rings. The van der Waals surface area contributed by atoms with Crippen LogP contribution in [0.15, 0.2) is 0 Å². The molecular formula is C13H27ClN2O2. The molecule has 1 aliphatic carbocycles. The average Bonchev–Trinajstić information content (AvgIpc) is 2.57. The summed E-state index contributed by atoms with van der Waals surface area (Å²) in [5.41, 5.74) is 0. The first-order valence-electron chi connectivity index (χ1n) is 6.82. The van der Waals surface area contributed by atoms with E-state index >= 15 is 0 Å². The van der Waals surface area contributed by atoms with Crippen molar-refractivity contribution in [2.24, 2.45) is 0 Å². The maximum Gasteiger partial charge on any atom is 0.248 e. The molecule has 0 spiro atoms. The van der Waals surface area contributed by atoms with Crippen LogP contribution >= 0.6 is 12.4 Å². The zero-order valence-electron chi connectivity index (χ0n) is 11.5. The second-order valence-corrected chi connectivity index (χ2v) is 4.79. The van der Waals surface area contributed by atoms with Gasteiger partial charge in [-0.1, -0.05) is 25.7 Å². The van der Waals surface area contributed by atoms with E-state index in [0.717, 1.165) is 19.4 Å². The summed E-state index contributed by atoms with van der Waals surface area (Å²) in [6, 6.07) is 0. The van der Waals surface area contributed by atoms with Gasteiger partial charge in [-0.05, 0) is 26.8 Å². The third kappa shape index (κ3) is 7.19. The lowest BCUT2D eigenvalue weighted by molar-refractivity contribution is -0.135. The van der Waals surface area contributed by atoms with Crippen molar-refractivity contribution in [2.75, 3.05) is 20.1 Å². The molecular weight excluding hydrogens is 252 g/mol. The fraction of sp³-hybridized carbons (Fsp3) is 0.923. The number of carbonyl (C=O) groups is 1. The maximum absolute atomic E-state index is 11.7. The van der Waals surface area contributed by atoms with Crippen molar-refractivity contribution in [3.8, 4) is 0 Å². The van der Waals surface area contributed by atoms with Crippen LogP contribution in [0.1, 0.15) is 45.4 Å². The zero-order chi connectivity index (χ0) is 12.5. The van der Waals surface area contributed by atoms with Crippen molar-refractivity contribution in [1.29, 1.82) is 0 Å². The molecule has 1 amide bonds. The second kappa shape index (κ2) is 10.6. The maximum atomic E-state index is 11.7. The largest absolute Gasteiger partial charge is 0.365 e. The molecule has 5 heteroatoms. The van der Waals surface area contributed by atoms with Crippen LogP contribution in [0, 0.1) is 0 Å². The van der Waals surface area contributed by atoms with Gasteiger partial charge in [-0.15, -0.1) is 12.4 Å². The van der Waals surface area contributed by atoms with E-state index in [1.54, 1.807) is 0 Å². The SMILES string of the molecule is CNCCNC(=O)C(C)OC1CCCCCC1.Cl. The molecule has 18 heavy (non-hydrogen) atoms. The van der Waals surface area contributed by atoms with Crippen LogP contribution in [-0.4, -0.2) is 38.3 Å². The van der Waals surface area contributed by atoms with Gasteiger partial charge in [-0.3, -0.25) is 4.79 Å². The number of likely N-dealkylation sites (N-methyl/N-ethyl adjacent to an activating group) is 1. The highest BCUT2D eigenvalue weighted by Crippen LogP contribution is 2.20. The minimum atomic E-state index is -0.324. The van der Waals surface area contributed by atoms with Crippen LogP contribution in [0.25, 0.3) is 0 Å². The van der Waals surface area contributed by atoms with E-state index in [1.807, 2.05) is 14.0 Å². The Labute approximate surface area is 117 Å². The van der Waals surface area contributed by atoms with Crippen molar-refractivity contribution < 1.29 is 9.53 Å². The van der Waals surface area contributed by atoms with Crippen LogP contribution in [-0.2, 0) is 9.53 Å². The molecule has 0 radical (unpaired) electrons. The van der Waals surface area contributed by atoms with Crippen LogP contribution in [0.4, 0.5) is 0 Å². The van der Waals surface area contributed by atoms with Gasteiger partial charge in [0.25, 0.3) is 0 Å². The summed E-state index contributed by atoms with van der Waals surface area (Å²) in [6.45, 7) is 3.30. The molecule has 1 fully saturated rings. The number of ether oxygens (including phenoxy) is 1. The minimum absolute atomic E-state index is 0. The molecule has 0 aliphatic heterocycles. The summed E-state index contributed by atoms with van der Waals surface area (Å²) in [6.07, 6.45) is 7.25. The summed E-state index contributed by atoms with van der Waals surface area (Å²) in [7, 11) is 1.87. The fourth-order valence-corrected chi connectivity index (χ4v) is 2.18. The van der Waals surface area contributed by atoms with Crippen molar-refractivity contribution >= 4 is 18.3 Å². The number of halogens is 1. The lowest BCUT2D eigenvalue weighted by Crippen LogP contribution is -2.39. The molecule has 2 N–H and O–H groups in total. The Kier molecular flexibility index (Phi) is 10.4. The Morgan fingerprint density at radius 1 is 1.22 bits per heavy atom. The van der Waals surface area contributed by atoms with Crippen LogP contribution < -0.4 is 10.6 Å². The second-order valence-electron chi connectivity index (χ2n) is 4.79. The summed E-state index contributed by atoms with van der Waals surface area (Å²) in [5, 5.41) is 5.86.